The first kappa shape index (κ1) is 12.5. The average molecular weight is 276 g/mol. The number of aromatic nitrogens is 4. The van der Waals surface area contributed by atoms with E-state index in [0.717, 1.165) is 26.3 Å². The van der Waals surface area contributed by atoms with Crippen molar-refractivity contribution < 1.29 is 8.78 Å². The third kappa shape index (κ3) is 1.70. The SMILES string of the molecule is Cc1cc(F)c(-n2c(=O)cc(F)n3nncc23)cc1C. The topological polar surface area (TPSA) is 52.2 Å². The van der Waals surface area contributed by atoms with Crippen LogP contribution in [0.15, 0.2) is 29.2 Å². The van der Waals surface area contributed by atoms with E-state index in [4.69, 9.17) is 0 Å². The monoisotopic (exact) mass is 276 g/mol. The number of rotatable bonds is 1. The van der Waals surface area contributed by atoms with Gasteiger partial charge in [0.05, 0.1) is 18.0 Å². The Morgan fingerprint density at radius 1 is 1.10 bits per heavy atom. The summed E-state index contributed by atoms with van der Waals surface area (Å²) >= 11 is 0. The van der Waals surface area contributed by atoms with Gasteiger partial charge in [0.1, 0.15) is 5.82 Å². The summed E-state index contributed by atoms with van der Waals surface area (Å²) in [7, 11) is 0. The van der Waals surface area contributed by atoms with Crippen LogP contribution in [0.2, 0.25) is 0 Å². The molecular weight excluding hydrogens is 266 g/mol. The van der Waals surface area contributed by atoms with E-state index >= 15 is 0 Å². The van der Waals surface area contributed by atoms with Crippen LogP contribution in [-0.2, 0) is 0 Å². The molecule has 0 aliphatic heterocycles. The molecule has 0 bridgehead atoms. The van der Waals surface area contributed by atoms with Gasteiger partial charge in [-0.15, -0.1) is 5.10 Å². The van der Waals surface area contributed by atoms with Crippen molar-refractivity contribution in [2.45, 2.75) is 13.8 Å². The molecule has 0 saturated heterocycles. The number of hydrogen-bond acceptors (Lipinski definition) is 3. The van der Waals surface area contributed by atoms with Crippen LogP contribution in [0.4, 0.5) is 8.78 Å². The van der Waals surface area contributed by atoms with Crippen molar-refractivity contribution in [3.63, 3.8) is 0 Å². The first-order chi connectivity index (χ1) is 9.49. The number of aryl methyl sites for hydroxylation is 2. The summed E-state index contributed by atoms with van der Waals surface area (Å²) in [6.07, 6.45) is 1.21. The van der Waals surface area contributed by atoms with Crippen molar-refractivity contribution in [1.29, 1.82) is 0 Å². The molecule has 0 saturated carbocycles. The number of nitrogens with zero attached hydrogens (tertiary/aromatic N) is 4. The molecule has 7 heteroatoms. The second-order valence-electron chi connectivity index (χ2n) is 4.53. The average Bonchev–Trinajstić information content (AvgIpc) is 2.84. The maximum absolute atomic E-state index is 14.1. The molecule has 0 fully saturated rings. The molecule has 0 aliphatic carbocycles. The highest BCUT2D eigenvalue weighted by molar-refractivity contribution is 5.49. The van der Waals surface area contributed by atoms with Crippen LogP contribution < -0.4 is 5.56 Å². The van der Waals surface area contributed by atoms with Crippen LogP contribution in [0, 0.1) is 25.6 Å². The first-order valence-corrected chi connectivity index (χ1v) is 5.88. The van der Waals surface area contributed by atoms with Gasteiger partial charge in [0.15, 0.2) is 5.65 Å². The summed E-state index contributed by atoms with van der Waals surface area (Å²) in [4.78, 5) is 12.0. The molecule has 20 heavy (non-hydrogen) atoms. The summed E-state index contributed by atoms with van der Waals surface area (Å²) in [5.74, 6) is -1.41. The van der Waals surface area contributed by atoms with Gasteiger partial charge in [0.2, 0.25) is 5.95 Å². The molecule has 3 aromatic rings. The van der Waals surface area contributed by atoms with E-state index in [-0.39, 0.29) is 11.3 Å². The maximum atomic E-state index is 14.1. The Morgan fingerprint density at radius 2 is 1.80 bits per heavy atom. The summed E-state index contributed by atoms with van der Waals surface area (Å²) in [5, 5.41) is 7.07. The third-order valence-corrected chi connectivity index (χ3v) is 3.23. The van der Waals surface area contributed by atoms with Crippen LogP contribution in [0.3, 0.4) is 0 Å². The lowest BCUT2D eigenvalue weighted by Crippen LogP contribution is -2.22. The van der Waals surface area contributed by atoms with Gasteiger partial charge < -0.3 is 0 Å². The highest BCUT2D eigenvalue weighted by Crippen LogP contribution is 2.19. The minimum atomic E-state index is -0.844. The molecule has 0 amide bonds. The number of hydrogen-bond donors (Lipinski definition) is 0. The van der Waals surface area contributed by atoms with Crippen molar-refractivity contribution in [2.24, 2.45) is 0 Å². The zero-order valence-electron chi connectivity index (χ0n) is 10.8. The van der Waals surface area contributed by atoms with E-state index in [2.05, 4.69) is 10.3 Å². The van der Waals surface area contributed by atoms with Crippen LogP contribution >= 0.6 is 0 Å². The second-order valence-corrected chi connectivity index (χ2v) is 4.53. The molecule has 0 N–H and O–H groups in total. The van der Waals surface area contributed by atoms with Crippen molar-refractivity contribution >= 4 is 5.65 Å². The van der Waals surface area contributed by atoms with E-state index in [1.807, 2.05) is 0 Å². The minimum absolute atomic E-state index is 0.0467. The molecule has 0 aliphatic rings. The third-order valence-electron chi connectivity index (χ3n) is 3.23. The van der Waals surface area contributed by atoms with Gasteiger partial charge in [-0.3, -0.25) is 9.36 Å². The van der Waals surface area contributed by atoms with Crippen LogP contribution in [0.5, 0.6) is 0 Å². The normalized spacial score (nSPS) is 11.2. The molecule has 1 aromatic carbocycles. The molecule has 0 spiro atoms. The van der Waals surface area contributed by atoms with E-state index in [0.29, 0.717) is 0 Å². The fourth-order valence-electron chi connectivity index (χ4n) is 2.05. The number of fused-ring (bicyclic) bond motifs is 1. The highest BCUT2D eigenvalue weighted by atomic mass is 19.1. The van der Waals surface area contributed by atoms with E-state index in [9.17, 15) is 13.6 Å². The fourth-order valence-corrected chi connectivity index (χ4v) is 2.05. The molecule has 102 valence electrons. The van der Waals surface area contributed by atoms with Crippen LogP contribution in [0.1, 0.15) is 11.1 Å². The Bertz CT molecular complexity index is 882. The number of benzene rings is 1. The summed E-state index contributed by atoms with van der Waals surface area (Å²) in [5.41, 5.74) is 1.02. The highest BCUT2D eigenvalue weighted by Gasteiger charge is 2.15. The van der Waals surface area contributed by atoms with Crippen molar-refractivity contribution in [3.8, 4) is 5.69 Å². The lowest BCUT2D eigenvalue weighted by atomic mass is 10.1. The van der Waals surface area contributed by atoms with Gasteiger partial charge in [0.25, 0.3) is 5.56 Å². The molecule has 0 unspecified atom stereocenters. The van der Waals surface area contributed by atoms with E-state index < -0.39 is 17.3 Å². The minimum Gasteiger partial charge on any atom is -0.269 e. The lowest BCUT2D eigenvalue weighted by molar-refractivity contribution is 0.526. The van der Waals surface area contributed by atoms with Crippen LogP contribution in [-0.4, -0.2) is 19.4 Å². The quantitative estimate of drug-likeness (QED) is 0.637. The Balaban J connectivity index is 2.44. The van der Waals surface area contributed by atoms with Gasteiger partial charge in [-0.2, -0.15) is 8.91 Å². The Labute approximate surface area is 112 Å². The Kier molecular flexibility index (Phi) is 2.63. The van der Waals surface area contributed by atoms with Gasteiger partial charge in [0, 0.05) is 0 Å². The summed E-state index contributed by atoms with van der Waals surface area (Å²) in [6, 6.07) is 3.62. The largest absolute Gasteiger partial charge is 0.269 e. The van der Waals surface area contributed by atoms with Gasteiger partial charge in [-0.1, -0.05) is 5.21 Å². The molecule has 3 rings (SSSR count). The fraction of sp³-hybridized carbons (Fsp3) is 0.154. The smallest absolute Gasteiger partial charge is 0.261 e. The van der Waals surface area contributed by atoms with Crippen molar-refractivity contribution in [1.82, 2.24) is 19.4 Å². The molecule has 2 aromatic heterocycles. The van der Waals surface area contributed by atoms with Gasteiger partial charge >= 0.3 is 0 Å². The van der Waals surface area contributed by atoms with Crippen LogP contribution in [0.25, 0.3) is 11.3 Å². The second kappa shape index (κ2) is 4.22. The first-order valence-electron chi connectivity index (χ1n) is 5.88. The van der Waals surface area contributed by atoms with E-state index in [1.165, 1.54) is 18.3 Å². The molecular formula is C13H10F2N4O. The van der Waals surface area contributed by atoms with Gasteiger partial charge in [-0.05, 0) is 37.1 Å². The molecule has 0 radical (unpaired) electrons. The number of halogens is 2. The lowest BCUT2D eigenvalue weighted by Gasteiger charge is -2.11. The zero-order chi connectivity index (χ0) is 14.4. The molecule has 5 nitrogen and oxygen atoms in total. The summed E-state index contributed by atoms with van der Waals surface area (Å²) in [6.45, 7) is 3.57. The standard InChI is InChI=1S/C13H10F2N4O/c1-7-3-9(14)10(4-8(7)2)18-12-6-16-17-19(12)11(15)5-13(18)20/h3-6H,1-2H3. The van der Waals surface area contributed by atoms with E-state index in [1.54, 1.807) is 13.8 Å². The maximum Gasteiger partial charge on any atom is 0.261 e. The Hall–Kier alpha value is -2.57. The van der Waals surface area contributed by atoms with Gasteiger partial charge in [-0.25, -0.2) is 4.39 Å². The van der Waals surface area contributed by atoms with Crippen molar-refractivity contribution in [3.05, 3.63) is 57.6 Å². The zero-order valence-corrected chi connectivity index (χ0v) is 10.8. The summed E-state index contributed by atoms with van der Waals surface area (Å²) < 4.78 is 29.6. The van der Waals surface area contributed by atoms with Crippen molar-refractivity contribution in [2.75, 3.05) is 0 Å². The Morgan fingerprint density at radius 3 is 2.55 bits per heavy atom. The molecule has 2 heterocycles. The molecule has 0 atom stereocenters. The predicted molar refractivity (Wildman–Crippen MR) is 68.0 cm³/mol. The predicted octanol–water partition coefficient (Wildman–Crippen LogP) is 1.78.